The summed E-state index contributed by atoms with van der Waals surface area (Å²) in [5.41, 5.74) is 2.29. The predicted molar refractivity (Wildman–Crippen MR) is 79.3 cm³/mol. The predicted octanol–water partition coefficient (Wildman–Crippen LogP) is 2.18. The van der Waals surface area contributed by atoms with Crippen LogP contribution in [0.15, 0.2) is 33.6 Å². The fourth-order valence-electron chi connectivity index (χ4n) is 2.20. The molecule has 5 nitrogen and oxygen atoms in total. The van der Waals surface area contributed by atoms with Crippen molar-refractivity contribution in [3.63, 3.8) is 0 Å². The van der Waals surface area contributed by atoms with Gasteiger partial charge in [-0.3, -0.25) is 0 Å². The number of hydrogen-bond donors (Lipinski definition) is 2. The molecule has 114 valence electrons. The van der Waals surface area contributed by atoms with Crippen molar-refractivity contribution >= 4 is 10.0 Å². The fraction of sp³-hybridized carbons (Fsp3) is 0.333. The van der Waals surface area contributed by atoms with Crippen molar-refractivity contribution < 1.29 is 17.9 Å². The van der Waals surface area contributed by atoms with Gasteiger partial charge in [0, 0.05) is 12.1 Å². The molecule has 0 aliphatic rings. The van der Waals surface area contributed by atoms with Crippen LogP contribution in [0.2, 0.25) is 0 Å². The smallest absolute Gasteiger partial charge is 0.244 e. The van der Waals surface area contributed by atoms with Crippen LogP contribution in [0.5, 0.6) is 0 Å². The molecule has 0 bridgehead atoms. The van der Waals surface area contributed by atoms with Crippen LogP contribution in [0.1, 0.15) is 28.2 Å². The summed E-state index contributed by atoms with van der Waals surface area (Å²) in [4.78, 5) is 0.0367. The minimum absolute atomic E-state index is 0.0367. The average molecular weight is 309 g/mol. The van der Waals surface area contributed by atoms with Gasteiger partial charge in [0.25, 0.3) is 0 Å². The highest BCUT2D eigenvalue weighted by molar-refractivity contribution is 7.89. The maximum atomic E-state index is 12.4. The molecule has 6 heteroatoms. The summed E-state index contributed by atoms with van der Waals surface area (Å²) in [6.45, 7) is 5.00. The summed E-state index contributed by atoms with van der Waals surface area (Å²) in [7, 11) is -3.72. The summed E-state index contributed by atoms with van der Waals surface area (Å²) in [5, 5.41) is 9.34. The molecule has 0 atom stereocenters. The Morgan fingerprint density at radius 1 is 1.10 bits per heavy atom. The second-order valence-corrected chi connectivity index (χ2v) is 6.69. The Morgan fingerprint density at radius 3 is 2.29 bits per heavy atom. The lowest BCUT2D eigenvalue weighted by atomic mass is 10.2. The molecular formula is C15H19NO4S. The van der Waals surface area contributed by atoms with Gasteiger partial charge in [0.05, 0.1) is 6.61 Å². The van der Waals surface area contributed by atoms with Crippen LogP contribution in [-0.4, -0.2) is 13.5 Å². The molecule has 1 aromatic carbocycles. The van der Waals surface area contributed by atoms with Gasteiger partial charge in [0.15, 0.2) is 0 Å². The monoisotopic (exact) mass is 309 g/mol. The molecule has 1 aromatic heterocycles. The van der Waals surface area contributed by atoms with Crippen molar-refractivity contribution in [2.75, 3.05) is 0 Å². The highest BCUT2D eigenvalue weighted by Crippen LogP contribution is 2.26. The Hall–Kier alpha value is -1.63. The maximum Gasteiger partial charge on any atom is 0.244 e. The SMILES string of the molecule is Cc1ccc(CNS(=O)(=O)c2c(C)oc(C)c2CO)cc1. The van der Waals surface area contributed by atoms with Gasteiger partial charge in [-0.1, -0.05) is 29.8 Å². The standard InChI is InChI=1S/C15H19NO4S/c1-10-4-6-13(7-5-10)8-16-21(18,19)15-12(3)20-11(2)14(15)9-17/h4-7,16-17H,8-9H2,1-3H3. The van der Waals surface area contributed by atoms with Crippen molar-refractivity contribution in [2.24, 2.45) is 0 Å². The van der Waals surface area contributed by atoms with E-state index in [-0.39, 0.29) is 23.8 Å². The molecular weight excluding hydrogens is 290 g/mol. The topological polar surface area (TPSA) is 79.5 Å². The molecule has 0 radical (unpaired) electrons. The van der Waals surface area contributed by atoms with E-state index in [1.807, 2.05) is 31.2 Å². The van der Waals surface area contributed by atoms with Crippen molar-refractivity contribution in [3.05, 3.63) is 52.5 Å². The third kappa shape index (κ3) is 3.34. The third-order valence-electron chi connectivity index (χ3n) is 3.34. The second-order valence-electron chi connectivity index (χ2n) is 4.99. The molecule has 2 N–H and O–H groups in total. The molecule has 2 rings (SSSR count). The van der Waals surface area contributed by atoms with E-state index in [2.05, 4.69) is 4.72 Å². The van der Waals surface area contributed by atoms with Gasteiger partial charge in [0.2, 0.25) is 10.0 Å². The number of benzene rings is 1. The van der Waals surface area contributed by atoms with Crippen molar-refractivity contribution in [1.29, 1.82) is 0 Å². The first-order valence-electron chi connectivity index (χ1n) is 6.60. The first-order valence-corrected chi connectivity index (χ1v) is 8.08. The number of aliphatic hydroxyl groups excluding tert-OH is 1. The second kappa shape index (κ2) is 6.01. The zero-order valence-corrected chi connectivity index (χ0v) is 13.1. The minimum atomic E-state index is -3.72. The number of furan rings is 1. The third-order valence-corrected chi connectivity index (χ3v) is 4.93. The largest absolute Gasteiger partial charge is 0.465 e. The summed E-state index contributed by atoms with van der Waals surface area (Å²) < 4.78 is 32.7. The Morgan fingerprint density at radius 2 is 1.71 bits per heavy atom. The molecule has 0 amide bonds. The number of aliphatic hydroxyl groups is 1. The lowest BCUT2D eigenvalue weighted by molar-refractivity contribution is 0.276. The van der Waals surface area contributed by atoms with Crippen molar-refractivity contribution in [2.45, 2.75) is 38.8 Å². The molecule has 0 saturated heterocycles. The number of aryl methyl sites for hydroxylation is 3. The molecule has 0 aliphatic heterocycles. The highest BCUT2D eigenvalue weighted by Gasteiger charge is 2.26. The maximum absolute atomic E-state index is 12.4. The fourth-order valence-corrected chi connectivity index (χ4v) is 3.65. The number of hydrogen-bond acceptors (Lipinski definition) is 4. The molecule has 0 aliphatic carbocycles. The van der Waals surface area contributed by atoms with Gasteiger partial charge < -0.3 is 9.52 Å². The Balaban J connectivity index is 2.25. The molecule has 0 unspecified atom stereocenters. The molecule has 0 fully saturated rings. The summed E-state index contributed by atoms with van der Waals surface area (Å²) in [6.07, 6.45) is 0. The van der Waals surface area contributed by atoms with Crippen LogP contribution >= 0.6 is 0 Å². The zero-order chi connectivity index (χ0) is 15.6. The lowest BCUT2D eigenvalue weighted by Crippen LogP contribution is -2.24. The van der Waals surface area contributed by atoms with E-state index >= 15 is 0 Å². The molecule has 1 heterocycles. The molecule has 2 aromatic rings. The van der Waals surface area contributed by atoms with Crippen LogP contribution in [0.4, 0.5) is 0 Å². The van der Waals surface area contributed by atoms with Gasteiger partial charge in [-0.05, 0) is 26.3 Å². The van der Waals surface area contributed by atoms with Gasteiger partial charge in [-0.15, -0.1) is 0 Å². The van der Waals surface area contributed by atoms with Gasteiger partial charge in [-0.25, -0.2) is 13.1 Å². The number of nitrogens with one attached hydrogen (secondary N) is 1. The first kappa shape index (κ1) is 15.8. The van der Waals surface area contributed by atoms with E-state index in [0.29, 0.717) is 11.3 Å². The summed E-state index contributed by atoms with van der Waals surface area (Å²) >= 11 is 0. The quantitative estimate of drug-likeness (QED) is 0.887. The average Bonchev–Trinajstić information content (AvgIpc) is 2.73. The first-order chi connectivity index (χ1) is 9.85. The summed E-state index contributed by atoms with van der Waals surface area (Å²) in [6, 6.07) is 7.60. The Labute approximate surface area is 124 Å². The van der Waals surface area contributed by atoms with Crippen LogP contribution in [0.25, 0.3) is 0 Å². The van der Waals surface area contributed by atoms with Crippen molar-refractivity contribution in [1.82, 2.24) is 4.72 Å². The van der Waals surface area contributed by atoms with Gasteiger partial charge in [0.1, 0.15) is 16.4 Å². The van der Waals surface area contributed by atoms with Gasteiger partial charge >= 0.3 is 0 Å². The number of sulfonamides is 1. The number of rotatable bonds is 5. The lowest BCUT2D eigenvalue weighted by Gasteiger charge is -2.08. The molecule has 0 saturated carbocycles. The van der Waals surface area contributed by atoms with E-state index in [0.717, 1.165) is 11.1 Å². The molecule has 21 heavy (non-hydrogen) atoms. The van der Waals surface area contributed by atoms with E-state index in [1.54, 1.807) is 13.8 Å². The van der Waals surface area contributed by atoms with E-state index < -0.39 is 10.0 Å². The van der Waals surface area contributed by atoms with Crippen LogP contribution in [0, 0.1) is 20.8 Å². The minimum Gasteiger partial charge on any atom is -0.465 e. The Kier molecular flexibility index (Phi) is 4.51. The molecule has 0 spiro atoms. The van der Waals surface area contributed by atoms with Crippen LogP contribution < -0.4 is 4.72 Å². The van der Waals surface area contributed by atoms with Crippen molar-refractivity contribution in [3.8, 4) is 0 Å². The Bertz CT molecular complexity index is 730. The van der Waals surface area contributed by atoms with Crippen LogP contribution in [0.3, 0.4) is 0 Å². The van der Waals surface area contributed by atoms with E-state index in [9.17, 15) is 13.5 Å². The van der Waals surface area contributed by atoms with Crippen LogP contribution in [-0.2, 0) is 23.2 Å². The van der Waals surface area contributed by atoms with E-state index in [4.69, 9.17) is 4.42 Å². The highest BCUT2D eigenvalue weighted by atomic mass is 32.2. The zero-order valence-electron chi connectivity index (χ0n) is 12.3. The van der Waals surface area contributed by atoms with E-state index in [1.165, 1.54) is 0 Å². The van der Waals surface area contributed by atoms with Gasteiger partial charge in [-0.2, -0.15) is 0 Å². The normalized spacial score (nSPS) is 11.8. The summed E-state index contributed by atoms with van der Waals surface area (Å²) in [5.74, 6) is 0.707.